The smallest absolute Gasteiger partial charge is 0.267 e. The number of carbonyl (C=O) groups excluding carboxylic acids is 1. The number of anilines is 1. The Morgan fingerprint density at radius 2 is 1.81 bits per heavy atom. The number of nitrogens with one attached hydrogen (secondary N) is 1. The van der Waals surface area contributed by atoms with Crippen LogP contribution in [0.4, 0.5) is 5.82 Å². The molecule has 0 bridgehead atoms. The van der Waals surface area contributed by atoms with Crippen LogP contribution in [0, 0.1) is 0 Å². The number of amides is 1. The lowest BCUT2D eigenvalue weighted by molar-refractivity contribution is 0.0997. The zero-order valence-electron chi connectivity index (χ0n) is 19.2. The Bertz CT molecular complexity index is 1160. The number of carbonyl (C=O) groups is 1. The molecule has 32 heavy (non-hydrogen) atoms. The van der Waals surface area contributed by atoms with Gasteiger partial charge < -0.3 is 21.1 Å². The molecule has 4 N–H and O–H groups in total. The summed E-state index contributed by atoms with van der Waals surface area (Å²) >= 11 is 0. The molecule has 8 nitrogen and oxygen atoms in total. The molecule has 0 aliphatic carbocycles. The Morgan fingerprint density at radius 3 is 2.41 bits per heavy atom. The van der Waals surface area contributed by atoms with Crippen molar-refractivity contribution < 1.29 is 9.90 Å². The van der Waals surface area contributed by atoms with Crippen molar-refractivity contribution in [3.8, 4) is 17.0 Å². The minimum atomic E-state index is -0.622. The first-order valence-corrected chi connectivity index (χ1v) is 10.7. The third-order valence-electron chi connectivity index (χ3n) is 6.12. The van der Waals surface area contributed by atoms with Crippen molar-refractivity contribution in [3.05, 3.63) is 42.2 Å². The summed E-state index contributed by atoms with van der Waals surface area (Å²) in [6.07, 6.45) is 3.48. The monoisotopic (exact) mass is 434 g/mol. The average Bonchev–Trinajstić information content (AvgIpc) is 2.70. The molecule has 3 aromatic rings. The lowest BCUT2D eigenvalue weighted by Gasteiger charge is -2.49. The summed E-state index contributed by atoms with van der Waals surface area (Å²) in [5.41, 5.74) is 6.65. The van der Waals surface area contributed by atoms with Gasteiger partial charge in [-0.15, -0.1) is 10.2 Å². The van der Waals surface area contributed by atoms with Crippen molar-refractivity contribution in [3.63, 3.8) is 0 Å². The number of piperidine rings is 1. The summed E-state index contributed by atoms with van der Waals surface area (Å²) in [7, 11) is 2.05. The summed E-state index contributed by atoms with van der Waals surface area (Å²) in [4.78, 5) is 18.0. The van der Waals surface area contributed by atoms with Gasteiger partial charge in [0, 0.05) is 41.3 Å². The van der Waals surface area contributed by atoms with E-state index in [9.17, 15) is 9.90 Å². The number of hydrogen-bond donors (Lipinski definition) is 3. The number of phenols is 1. The second-order valence-electron chi connectivity index (χ2n) is 9.96. The van der Waals surface area contributed by atoms with E-state index in [1.165, 1.54) is 6.20 Å². The van der Waals surface area contributed by atoms with Crippen LogP contribution in [0.3, 0.4) is 0 Å². The number of pyridine rings is 1. The van der Waals surface area contributed by atoms with Gasteiger partial charge in [0.2, 0.25) is 0 Å². The van der Waals surface area contributed by atoms with Gasteiger partial charge in [-0.3, -0.25) is 9.78 Å². The molecular weight excluding hydrogens is 404 g/mol. The number of aromatic hydroxyl groups is 1. The largest absolute Gasteiger partial charge is 0.507 e. The maximum absolute atomic E-state index is 11.8. The van der Waals surface area contributed by atoms with Gasteiger partial charge in [-0.25, -0.2) is 0 Å². The number of benzene rings is 1. The fraction of sp³-hybridized carbons (Fsp3) is 0.417. The van der Waals surface area contributed by atoms with Crippen LogP contribution in [-0.2, 0) is 0 Å². The number of hydrogen-bond acceptors (Lipinski definition) is 7. The van der Waals surface area contributed by atoms with Crippen LogP contribution < -0.4 is 16.0 Å². The van der Waals surface area contributed by atoms with Crippen molar-refractivity contribution in [2.24, 2.45) is 5.73 Å². The molecule has 1 amide bonds. The van der Waals surface area contributed by atoms with Gasteiger partial charge in [-0.1, -0.05) is 0 Å². The first-order chi connectivity index (χ1) is 15.0. The highest BCUT2D eigenvalue weighted by Gasteiger charge is 2.39. The Morgan fingerprint density at radius 1 is 1.12 bits per heavy atom. The van der Waals surface area contributed by atoms with Crippen molar-refractivity contribution in [2.75, 3.05) is 11.9 Å². The van der Waals surface area contributed by atoms with Crippen LogP contribution >= 0.6 is 0 Å². The van der Waals surface area contributed by atoms with Crippen LogP contribution in [0.15, 0.2) is 36.5 Å². The second kappa shape index (κ2) is 7.70. The molecule has 3 heterocycles. The lowest BCUT2D eigenvalue weighted by atomic mass is 9.79. The van der Waals surface area contributed by atoms with Crippen LogP contribution in [0.25, 0.3) is 22.0 Å². The van der Waals surface area contributed by atoms with E-state index in [2.05, 4.69) is 53.1 Å². The molecular formula is C24H30N6O2. The molecule has 168 valence electrons. The van der Waals surface area contributed by atoms with E-state index < -0.39 is 5.91 Å². The zero-order valence-corrected chi connectivity index (χ0v) is 19.2. The summed E-state index contributed by atoms with van der Waals surface area (Å²) in [6.45, 7) is 8.89. The van der Waals surface area contributed by atoms with Crippen LogP contribution in [-0.4, -0.2) is 50.4 Å². The van der Waals surface area contributed by atoms with Crippen LogP contribution in [0.5, 0.6) is 5.75 Å². The molecule has 2 aromatic heterocycles. The van der Waals surface area contributed by atoms with Gasteiger partial charge >= 0.3 is 0 Å². The number of nitrogens with zero attached hydrogens (tertiary/aromatic N) is 4. The van der Waals surface area contributed by atoms with Crippen molar-refractivity contribution in [1.82, 2.24) is 20.5 Å². The SMILES string of the molecule is CN(c1ccc(-c2cc3c(C(N)=O)nccc3cc2O)nn1)C1CC(C)(C)NC(C)(C)C1. The third-order valence-corrected chi connectivity index (χ3v) is 6.12. The average molecular weight is 435 g/mol. The predicted molar refractivity (Wildman–Crippen MR) is 126 cm³/mol. The number of aromatic nitrogens is 3. The molecule has 0 atom stereocenters. The Kier molecular flexibility index (Phi) is 5.29. The normalized spacial score (nSPS) is 17.9. The van der Waals surface area contributed by atoms with E-state index in [1.807, 2.05) is 19.2 Å². The third kappa shape index (κ3) is 4.23. The second-order valence-corrected chi connectivity index (χ2v) is 9.96. The van der Waals surface area contributed by atoms with E-state index in [-0.39, 0.29) is 22.5 Å². The molecule has 8 heteroatoms. The maximum atomic E-state index is 11.8. The fourth-order valence-corrected chi connectivity index (χ4v) is 5.00. The molecule has 1 fully saturated rings. The van der Waals surface area contributed by atoms with E-state index in [4.69, 9.17) is 5.73 Å². The highest BCUT2D eigenvalue weighted by molar-refractivity contribution is 6.06. The number of primary amides is 1. The van der Waals surface area contributed by atoms with Crippen molar-refractivity contribution >= 4 is 22.5 Å². The fourth-order valence-electron chi connectivity index (χ4n) is 5.00. The Labute approximate surface area is 187 Å². The number of nitrogens with two attached hydrogens (primary N) is 1. The van der Waals surface area contributed by atoms with Gasteiger partial charge in [0.05, 0.1) is 5.69 Å². The van der Waals surface area contributed by atoms with Gasteiger partial charge in [0.1, 0.15) is 11.4 Å². The predicted octanol–water partition coefficient (Wildman–Crippen LogP) is 3.24. The molecule has 4 rings (SSSR count). The van der Waals surface area contributed by atoms with E-state index in [0.717, 1.165) is 18.7 Å². The molecule has 1 aromatic carbocycles. The molecule has 0 radical (unpaired) electrons. The lowest BCUT2D eigenvalue weighted by Crippen LogP contribution is -2.62. The number of phenolic OH excluding ortho intramolecular Hbond substituents is 1. The molecule has 1 aliphatic rings. The van der Waals surface area contributed by atoms with E-state index in [0.29, 0.717) is 28.1 Å². The molecule has 0 unspecified atom stereocenters. The zero-order chi connectivity index (χ0) is 23.3. The van der Waals surface area contributed by atoms with Gasteiger partial charge in [0.25, 0.3) is 5.91 Å². The van der Waals surface area contributed by atoms with E-state index >= 15 is 0 Å². The molecule has 0 saturated carbocycles. The summed E-state index contributed by atoms with van der Waals surface area (Å²) in [5, 5.41) is 24.3. The minimum absolute atomic E-state index is 0.0249. The quantitative estimate of drug-likeness (QED) is 0.577. The summed E-state index contributed by atoms with van der Waals surface area (Å²) < 4.78 is 0. The van der Waals surface area contributed by atoms with E-state index in [1.54, 1.807) is 18.2 Å². The Balaban J connectivity index is 1.65. The highest BCUT2D eigenvalue weighted by atomic mass is 16.3. The Hall–Kier alpha value is -3.26. The first kappa shape index (κ1) is 22.0. The number of rotatable bonds is 4. The van der Waals surface area contributed by atoms with Crippen LogP contribution in [0.1, 0.15) is 51.0 Å². The minimum Gasteiger partial charge on any atom is -0.507 e. The maximum Gasteiger partial charge on any atom is 0.267 e. The molecule has 1 aliphatic heterocycles. The van der Waals surface area contributed by atoms with Crippen molar-refractivity contribution in [2.45, 2.75) is 57.7 Å². The molecule has 1 saturated heterocycles. The van der Waals surface area contributed by atoms with Crippen LogP contribution in [0.2, 0.25) is 0 Å². The first-order valence-electron chi connectivity index (χ1n) is 10.7. The van der Waals surface area contributed by atoms with Gasteiger partial charge in [-0.05, 0) is 76.3 Å². The molecule has 0 spiro atoms. The summed E-state index contributed by atoms with van der Waals surface area (Å²) in [6, 6.07) is 9.04. The standard InChI is InChI=1S/C24H30N6O2/c1-23(2)12-15(13-24(3,4)29-23)30(5)20-7-6-18(27-28-20)17-11-16-14(10-19(17)31)8-9-26-21(16)22(25)32/h6-11,15,29,31H,12-13H2,1-5H3,(H2,25,32). The van der Waals surface area contributed by atoms with Gasteiger partial charge in [0.15, 0.2) is 5.82 Å². The number of fused-ring (bicyclic) bond motifs is 1. The summed E-state index contributed by atoms with van der Waals surface area (Å²) in [5.74, 6) is 0.200. The van der Waals surface area contributed by atoms with Crippen molar-refractivity contribution in [1.29, 1.82) is 0 Å². The topological polar surface area (TPSA) is 117 Å². The van der Waals surface area contributed by atoms with Gasteiger partial charge in [-0.2, -0.15) is 0 Å². The highest BCUT2D eigenvalue weighted by Crippen LogP contribution is 2.35.